The molecule has 0 rings (SSSR count). The molecule has 0 aromatic heterocycles. The van der Waals surface area contributed by atoms with Gasteiger partial charge in [-0.05, 0) is 6.42 Å². The van der Waals surface area contributed by atoms with E-state index in [4.69, 9.17) is 0 Å². The number of allylic oxidation sites excluding steroid dienone is 3. The highest BCUT2D eigenvalue weighted by Gasteiger charge is 1.97. The van der Waals surface area contributed by atoms with Gasteiger partial charge in [0.2, 0.25) is 0 Å². The van der Waals surface area contributed by atoms with Crippen LogP contribution in [0.5, 0.6) is 0 Å². The number of carbonyl (C=O) groups excluding carboxylic acids is 1. The Kier molecular flexibility index (Phi) is 5.74. The van der Waals surface area contributed by atoms with Crippen molar-refractivity contribution in [3.63, 3.8) is 0 Å². The molecule has 0 aliphatic heterocycles. The van der Waals surface area contributed by atoms with Gasteiger partial charge in [0, 0.05) is 5.92 Å². The Bertz CT molecular complexity index is 125. The van der Waals surface area contributed by atoms with Crippen LogP contribution >= 0.6 is 0 Å². The van der Waals surface area contributed by atoms with Gasteiger partial charge < -0.3 is 4.79 Å². The maximum absolute atomic E-state index is 10.3. The van der Waals surface area contributed by atoms with Crippen LogP contribution in [0.3, 0.4) is 0 Å². The molecule has 0 aliphatic carbocycles. The Hall–Kier alpha value is -0.850. The lowest BCUT2D eigenvalue weighted by Gasteiger charge is -1.98. The summed E-state index contributed by atoms with van der Waals surface area (Å²) in [7, 11) is 0. The van der Waals surface area contributed by atoms with E-state index >= 15 is 0 Å². The van der Waals surface area contributed by atoms with Crippen LogP contribution in [0.4, 0.5) is 0 Å². The van der Waals surface area contributed by atoms with Gasteiger partial charge in [-0.3, -0.25) is 0 Å². The van der Waals surface area contributed by atoms with E-state index < -0.39 is 0 Å². The summed E-state index contributed by atoms with van der Waals surface area (Å²) < 4.78 is 0. The van der Waals surface area contributed by atoms with E-state index in [9.17, 15) is 4.79 Å². The maximum Gasteiger partial charge on any atom is 0.126 e. The average molecular weight is 138 g/mol. The van der Waals surface area contributed by atoms with Crippen LogP contribution in [0.25, 0.3) is 0 Å². The lowest BCUT2D eigenvalue weighted by Crippen LogP contribution is -1.95. The molecule has 0 radical (unpaired) electrons. The van der Waals surface area contributed by atoms with Crippen molar-refractivity contribution >= 4 is 6.29 Å². The zero-order chi connectivity index (χ0) is 7.82. The number of aldehydes is 1. The molecular formula is C9H14O. The lowest BCUT2D eigenvalue weighted by molar-refractivity contribution is -0.110. The zero-order valence-electron chi connectivity index (χ0n) is 6.42. The topological polar surface area (TPSA) is 17.1 Å². The Morgan fingerprint density at radius 3 is 2.70 bits per heavy atom. The van der Waals surface area contributed by atoms with Crippen LogP contribution in [0, 0.1) is 5.92 Å². The normalized spacial score (nSPS) is 13.3. The molecule has 10 heavy (non-hydrogen) atoms. The van der Waals surface area contributed by atoms with E-state index in [0.29, 0.717) is 0 Å². The standard InChI is InChI=1S/C9H14O/c1-3-5-7-9(8-10)6-4-2/h3,5,7-9H,1,4,6H2,2H3/b7-5+. The lowest BCUT2D eigenvalue weighted by atomic mass is 10.1. The molecule has 0 heterocycles. The SMILES string of the molecule is C=C/C=C/C(C=O)CCC. The van der Waals surface area contributed by atoms with Crippen molar-refractivity contribution in [3.05, 3.63) is 24.8 Å². The summed E-state index contributed by atoms with van der Waals surface area (Å²) in [5.74, 6) is 0.0861. The third kappa shape index (κ3) is 4.07. The van der Waals surface area contributed by atoms with Gasteiger partial charge in [-0.15, -0.1) is 0 Å². The molecule has 0 spiro atoms. The quantitative estimate of drug-likeness (QED) is 0.421. The van der Waals surface area contributed by atoms with Crippen molar-refractivity contribution in [1.29, 1.82) is 0 Å². The molecule has 56 valence electrons. The van der Waals surface area contributed by atoms with Crippen LogP contribution in [-0.2, 0) is 4.79 Å². The zero-order valence-corrected chi connectivity index (χ0v) is 6.42. The summed E-state index contributed by atoms with van der Waals surface area (Å²) in [6.07, 6.45) is 8.34. The fraction of sp³-hybridized carbons (Fsp3) is 0.444. The molecule has 0 aliphatic rings. The largest absolute Gasteiger partial charge is 0.303 e. The molecule has 0 bridgehead atoms. The Labute approximate surface area is 62.4 Å². The first-order chi connectivity index (χ1) is 4.85. The Morgan fingerprint density at radius 2 is 2.30 bits per heavy atom. The minimum atomic E-state index is 0.0861. The summed E-state index contributed by atoms with van der Waals surface area (Å²) in [6.45, 7) is 5.59. The summed E-state index contributed by atoms with van der Waals surface area (Å²) in [4.78, 5) is 10.3. The van der Waals surface area contributed by atoms with Gasteiger partial charge >= 0.3 is 0 Å². The van der Waals surface area contributed by atoms with Crippen LogP contribution in [-0.4, -0.2) is 6.29 Å². The van der Waals surface area contributed by atoms with Crippen molar-refractivity contribution < 1.29 is 4.79 Å². The molecule has 0 aromatic rings. The first-order valence-corrected chi connectivity index (χ1v) is 3.59. The summed E-state index contributed by atoms with van der Waals surface area (Å²) in [5.41, 5.74) is 0. The van der Waals surface area contributed by atoms with Gasteiger partial charge in [0.15, 0.2) is 0 Å². The van der Waals surface area contributed by atoms with Crippen molar-refractivity contribution in [1.82, 2.24) is 0 Å². The third-order valence-corrected chi connectivity index (χ3v) is 1.29. The molecular weight excluding hydrogens is 124 g/mol. The molecule has 1 unspecified atom stereocenters. The smallest absolute Gasteiger partial charge is 0.126 e. The second-order valence-electron chi connectivity index (χ2n) is 2.21. The second-order valence-corrected chi connectivity index (χ2v) is 2.21. The van der Waals surface area contributed by atoms with Gasteiger partial charge in [-0.25, -0.2) is 0 Å². The molecule has 0 fully saturated rings. The Balaban J connectivity index is 3.69. The van der Waals surface area contributed by atoms with Crippen molar-refractivity contribution in [2.24, 2.45) is 5.92 Å². The molecule has 0 N–H and O–H groups in total. The van der Waals surface area contributed by atoms with E-state index in [1.165, 1.54) is 0 Å². The van der Waals surface area contributed by atoms with Crippen LogP contribution < -0.4 is 0 Å². The van der Waals surface area contributed by atoms with Crippen molar-refractivity contribution in [3.8, 4) is 0 Å². The van der Waals surface area contributed by atoms with Crippen LogP contribution in [0.1, 0.15) is 19.8 Å². The number of rotatable bonds is 5. The Morgan fingerprint density at radius 1 is 1.60 bits per heavy atom. The second kappa shape index (κ2) is 6.27. The average Bonchev–Trinajstić information content (AvgIpc) is 1.98. The summed E-state index contributed by atoms with van der Waals surface area (Å²) >= 11 is 0. The maximum atomic E-state index is 10.3. The molecule has 1 heteroatoms. The van der Waals surface area contributed by atoms with Gasteiger partial charge in [-0.2, -0.15) is 0 Å². The summed E-state index contributed by atoms with van der Waals surface area (Å²) in [5, 5.41) is 0. The summed E-state index contributed by atoms with van der Waals surface area (Å²) in [6, 6.07) is 0. The number of hydrogen-bond acceptors (Lipinski definition) is 1. The van der Waals surface area contributed by atoms with E-state index in [2.05, 4.69) is 13.5 Å². The van der Waals surface area contributed by atoms with E-state index in [1.54, 1.807) is 6.08 Å². The molecule has 1 atom stereocenters. The molecule has 0 amide bonds. The highest BCUT2D eigenvalue weighted by Crippen LogP contribution is 2.03. The van der Waals surface area contributed by atoms with Gasteiger partial charge in [0.1, 0.15) is 6.29 Å². The number of hydrogen-bond donors (Lipinski definition) is 0. The third-order valence-electron chi connectivity index (χ3n) is 1.29. The predicted octanol–water partition coefficient (Wildman–Crippen LogP) is 2.34. The molecule has 0 aromatic carbocycles. The monoisotopic (exact) mass is 138 g/mol. The fourth-order valence-electron chi connectivity index (χ4n) is 0.764. The fourth-order valence-corrected chi connectivity index (χ4v) is 0.764. The first kappa shape index (κ1) is 9.15. The molecule has 0 saturated heterocycles. The minimum Gasteiger partial charge on any atom is -0.303 e. The highest BCUT2D eigenvalue weighted by atomic mass is 16.1. The number of carbonyl (C=O) groups is 1. The van der Waals surface area contributed by atoms with E-state index in [-0.39, 0.29) is 5.92 Å². The highest BCUT2D eigenvalue weighted by molar-refractivity contribution is 5.56. The van der Waals surface area contributed by atoms with E-state index in [1.807, 2.05) is 12.2 Å². The minimum absolute atomic E-state index is 0.0861. The first-order valence-electron chi connectivity index (χ1n) is 3.59. The molecule has 0 saturated carbocycles. The van der Waals surface area contributed by atoms with Crippen LogP contribution in [0.2, 0.25) is 0 Å². The molecule has 1 nitrogen and oxygen atoms in total. The van der Waals surface area contributed by atoms with Gasteiger partial charge in [0.05, 0.1) is 0 Å². The van der Waals surface area contributed by atoms with Gasteiger partial charge in [0.25, 0.3) is 0 Å². The van der Waals surface area contributed by atoms with Crippen molar-refractivity contribution in [2.75, 3.05) is 0 Å². The predicted molar refractivity (Wildman–Crippen MR) is 43.8 cm³/mol. The van der Waals surface area contributed by atoms with E-state index in [0.717, 1.165) is 19.1 Å². The van der Waals surface area contributed by atoms with Crippen molar-refractivity contribution in [2.45, 2.75) is 19.8 Å². The van der Waals surface area contributed by atoms with Gasteiger partial charge in [-0.1, -0.05) is 38.2 Å². The van der Waals surface area contributed by atoms with Crippen LogP contribution in [0.15, 0.2) is 24.8 Å².